The minimum absolute atomic E-state index is 0.257. The van der Waals surface area contributed by atoms with Crippen molar-refractivity contribution >= 4 is 34.6 Å². The van der Waals surface area contributed by atoms with Gasteiger partial charge in [-0.25, -0.2) is 4.79 Å². The lowest BCUT2D eigenvalue weighted by Crippen LogP contribution is -2.25. The Balaban J connectivity index is 2.14. The van der Waals surface area contributed by atoms with Crippen molar-refractivity contribution in [2.45, 2.75) is 0 Å². The highest BCUT2D eigenvalue weighted by Gasteiger charge is 2.22. The maximum atomic E-state index is 12.9. The number of aromatic hydroxyl groups is 1. The molecule has 0 unspecified atom stereocenters. The first-order valence-corrected chi connectivity index (χ1v) is 7.95. The van der Waals surface area contributed by atoms with Crippen molar-refractivity contribution in [1.29, 1.82) is 0 Å². The second-order valence-corrected chi connectivity index (χ2v) is 5.91. The molecule has 0 saturated carbocycles. The highest BCUT2D eigenvalue weighted by atomic mass is 32.1. The van der Waals surface area contributed by atoms with Gasteiger partial charge in [-0.1, -0.05) is 24.3 Å². The van der Waals surface area contributed by atoms with Crippen LogP contribution in [0.3, 0.4) is 0 Å². The van der Waals surface area contributed by atoms with Crippen LogP contribution in [0.2, 0.25) is 0 Å². The van der Waals surface area contributed by atoms with E-state index in [0.29, 0.717) is 16.3 Å². The summed E-state index contributed by atoms with van der Waals surface area (Å²) in [5, 5.41) is 20.7. The van der Waals surface area contributed by atoms with Crippen LogP contribution in [0.15, 0.2) is 66.0 Å². The maximum Gasteiger partial charge on any atom is 0.339 e. The summed E-state index contributed by atoms with van der Waals surface area (Å²) in [4.78, 5) is 26.1. The number of anilines is 2. The predicted octanol–water partition coefficient (Wildman–Crippen LogP) is 4.13. The fraction of sp³-hybridized carbons (Fsp3) is 0. The number of carbonyl (C=O) groups excluding carboxylic acids is 1. The summed E-state index contributed by atoms with van der Waals surface area (Å²) in [7, 11) is 0. The van der Waals surface area contributed by atoms with Crippen LogP contribution in [-0.2, 0) is 0 Å². The van der Waals surface area contributed by atoms with Gasteiger partial charge >= 0.3 is 5.97 Å². The summed E-state index contributed by atoms with van der Waals surface area (Å²) < 4.78 is 0. The molecule has 0 fully saturated rings. The molecule has 0 spiro atoms. The van der Waals surface area contributed by atoms with Gasteiger partial charge in [0, 0.05) is 5.69 Å². The highest BCUT2D eigenvalue weighted by molar-refractivity contribution is 7.12. The van der Waals surface area contributed by atoms with E-state index >= 15 is 0 Å². The molecule has 0 atom stereocenters. The number of amides is 1. The zero-order valence-electron chi connectivity index (χ0n) is 12.4. The predicted molar refractivity (Wildman–Crippen MR) is 92.3 cm³/mol. The van der Waals surface area contributed by atoms with Crippen LogP contribution in [-0.4, -0.2) is 22.1 Å². The molecule has 0 bridgehead atoms. The number of phenols is 1. The first-order valence-electron chi connectivity index (χ1n) is 7.07. The van der Waals surface area contributed by atoms with Crippen LogP contribution in [0.25, 0.3) is 0 Å². The number of hydrogen-bond donors (Lipinski definition) is 2. The number of benzene rings is 2. The molecule has 0 aliphatic carbocycles. The van der Waals surface area contributed by atoms with E-state index in [1.807, 2.05) is 6.07 Å². The summed E-state index contributed by atoms with van der Waals surface area (Å²) in [5.41, 5.74) is 0.722. The summed E-state index contributed by atoms with van der Waals surface area (Å²) >= 11 is 1.31. The Morgan fingerprint density at radius 2 is 1.67 bits per heavy atom. The van der Waals surface area contributed by atoms with Crippen molar-refractivity contribution in [3.8, 4) is 5.75 Å². The van der Waals surface area contributed by atoms with Crippen molar-refractivity contribution in [2.24, 2.45) is 0 Å². The third kappa shape index (κ3) is 3.00. The lowest BCUT2D eigenvalue weighted by Gasteiger charge is -2.23. The van der Waals surface area contributed by atoms with Crippen LogP contribution in [0.4, 0.5) is 11.4 Å². The molecule has 3 aromatic rings. The van der Waals surface area contributed by atoms with Crippen LogP contribution in [0, 0.1) is 0 Å². The molecule has 2 aromatic carbocycles. The van der Waals surface area contributed by atoms with E-state index in [1.54, 1.807) is 41.8 Å². The Morgan fingerprint density at radius 1 is 0.917 bits per heavy atom. The Hall–Kier alpha value is -3.12. The molecule has 0 radical (unpaired) electrons. The summed E-state index contributed by atoms with van der Waals surface area (Å²) in [6.07, 6.45) is 0. The van der Waals surface area contributed by atoms with Gasteiger partial charge in [0.1, 0.15) is 11.3 Å². The van der Waals surface area contributed by atoms with E-state index < -0.39 is 5.97 Å². The van der Waals surface area contributed by atoms with Crippen LogP contribution in [0.5, 0.6) is 5.75 Å². The zero-order chi connectivity index (χ0) is 17.1. The van der Waals surface area contributed by atoms with Crippen molar-refractivity contribution in [2.75, 3.05) is 4.90 Å². The normalized spacial score (nSPS) is 10.3. The molecule has 5 nitrogen and oxygen atoms in total. The first kappa shape index (κ1) is 15.8. The molecule has 120 valence electrons. The monoisotopic (exact) mass is 339 g/mol. The fourth-order valence-corrected chi connectivity index (χ4v) is 2.96. The number of carboxylic acid groups (broad SMARTS) is 1. The minimum Gasteiger partial charge on any atom is -0.507 e. The number of rotatable bonds is 4. The van der Waals surface area contributed by atoms with Crippen LogP contribution >= 0.6 is 11.3 Å². The van der Waals surface area contributed by atoms with E-state index in [2.05, 4.69) is 0 Å². The SMILES string of the molecule is O=C(O)c1cc(N(C(=O)c2cccs2)c2ccccc2)ccc1O. The zero-order valence-corrected chi connectivity index (χ0v) is 13.2. The molecule has 0 aliphatic heterocycles. The molecule has 1 aromatic heterocycles. The van der Waals surface area contributed by atoms with E-state index in [0.717, 1.165) is 0 Å². The fourth-order valence-electron chi connectivity index (χ4n) is 2.31. The number of thiophene rings is 1. The Bertz CT molecular complexity index is 875. The maximum absolute atomic E-state index is 12.9. The molecule has 2 N–H and O–H groups in total. The summed E-state index contributed by atoms with van der Waals surface area (Å²) in [5.74, 6) is -1.87. The van der Waals surface area contributed by atoms with Crippen molar-refractivity contribution < 1.29 is 19.8 Å². The van der Waals surface area contributed by atoms with E-state index in [-0.39, 0.29) is 17.2 Å². The molecular weight excluding hydrogens is 326 g/mol. The van der Waals surface area contributed by atoms with Gasteiger partial charge in [0.25, 0.3) is 5.91 Å². The van der Waals surface area contributed by atoms with Gasteiger partial charge in [-0.05, 0) is 41.8 Å². The van der Waals surface area contributed by atoms with Gasteiger partial charge in [0.15, 0.2) is 0 Å². The lowest BCUT2D eigenvalue weighted by atomic mass is 10.1. The standard InChI is InChI=1S/C18H13NO4S/c20-15-9-8-13(11-14(15)18(22)23)19(12-5-2-1-3-6-12)17(21)16-7-4-10-24-16/h1-11,20H,(H,22,23). The van der Waals surface area contributed by atoms with Crippen molar-refractivity contribution in [3.63, 3.8) is 0 Å². The molecule has 24 heavy (non-hydrogen) atoms. The molecule has 0 saturated heterocycles. The number of aromatic carboxylic acids is 1. The smallest absolute Gasteiger partial charge is 0.339 e. The lowest BCUT2D eigenvalue weighted by molar-refractivity contribution is 0.0693. The number of hydrogen-bond acceptors (Lipinski definition) is 4. The van der Waals surface area contributed by atoms with Gasteiger partial charge in [0.2, 0.25) is 0 Å². The number of para-hydroxylation sites is 1. The number of carbonyl (C=O) groups is 2. The quantitative estimate of drug-likeness (QED) is 0.749. The highest BCUT2D eigenvalue weighted by Crippen LogP contribution is 2.31. The van der Waals surface area contributed by atoms with Crippen LogP contribution in [0.1, 0.15) is 20.0 Å². The second-order valence-electron chi connectivity index (χ2n) is 4.96. The Kier molecular flexibility index (Phi) is 4.31. The van der Waals surface area contributed by atoms with Gasteiger partial charge in [-0.3, -0.25) is 9.69 Å². The molecular formula is C18H13NO4S. The topological polar surface area (TPSA) is 77.8 Å². The van der Waals surface area contributed by atoms with Gasteiger partial charge in [-0.2, -0.15) is 0 Å². The summed E-state index contributed by atoms with van der Waals surface area (Å²) in [6, 6.07) is 16.5. The molecule has 0 aliphatic rings. The average Bonchev–Trinajstić information content (AvgIpc) is 3.12. The largest absolute Gasteiger partial charge is 0.507 e. The number of carboxylic acids is 1. The van der Waals surface area contributed by atoms with E-state index in [1.165, 1.54) is 34.4 Å². The molecule has 1 amide bonds. The second kappa shape index (κ2) is 6.55. The van der Waals surface area contributed by atoms with Gasteiger partial charge in [0.05, 0.1) is 10.6 Å². The third-order valence-corrected chi connectivity index (χ3v) is 4.28. The molecule has 3 rings (SSSR count). The van der Waals surface area contributed by atoms with Crippen molar-refractivity contribution in [1.82, 2.24) is 0 Å². The molecule has 1 heterocycles. The Labute approximate surface area is 142 Å². The third-order valence-electron chi connectivity index (χ3n) is 3.42. The number of nitrogens with zero attached hydrogens (tertiary/aromatic N) is 1. The minimum atomic E-state index is -1.26. The van der Waals surface area contributed by atoms with Gasteiger partial charge in [-0.15, -0.1) is 11.3 Å². The van der Waals surface area contributed by atoms with E-state index in [9.17, 15) is 19.8 Å². The Morgan fingerprint density at radius 3 is 2.29 bits per heavy atom. The van der Waals surface area contributed by atoms with Crippen LogP contribution < -0.4 is 4.90 Å². The first-order chi connectivity index (χ1) is 11.6. The van der Waals surface area contributed by atoms with Gasteiger partial charge < -0.3 is 10.2 Å². The van der Waals surface area contributed by atoms with E-state index in [4.69, 9.17) is 0 Å². The average molecular weight is 339 g/mol. The summed E-state index contributed by atoms with van der Waals surface area (Å²) in [6.45, 7) is 0. The van der Waals surface area contributed by atoms with Crippen molar-refractivity contribution in [3.05, 3.63) is 76.5 Å². The molecule has 6 heteroatoms.